The van der Waals surface area contributed by atoms with Gasteiger partial charge in [-0.3, -0.25) is 10.1 Å². The van der Waals surface area contributed by atoms with Crippen LogP contribution in [0.3, 0.4) is 0 Å². The van der Waals surface area contributed by atoms with E-state index in [1.165, 1.54) is 25.0 Å². The molecule has 0 aromatic heterocycles. The van der Waals surface area contributed by atoms with E-state index in [2.05, 4.69) is 11.8 Å². The summed E-state index contributed by atoms with van der Waals surface area (Å²) in [6, 6.07) is 5.89. The number of nitro groups is 1. The van der Waals surface area contributed by atoms with E-state index in [1.807, 2.05) is 0 Å². The highest BCUT2D eigenvalue weighted by molar-refractivity contribution is 5.35. The smallest absolute Gasteiger partial charge is 0.269 e. The third-order valence-electron chi connectivity index (χ3n) is 3.84. The number of non-ortho nitro benzene ring substituents is 1. The zero-order valence-corrected chi connectivity index (χ0v) is 12.3. The van der Waals surface area contributed by atoms with E-state index < -0.39 is 11.0 Å². The molecule has 1 atom stereocenters. The van der Waals surface area contributed by atoms with Crippen LogP contribution in [0.1, 0.15) is 19.8 Å². The molecule has 6 nitrogen and oxygen atoms in total. The standard InChI is InChI=1S/C15H22N2O4/c1-12-6-8-16(9-7-12)10-14(18)11-21-15-4-2-13(3-5-15)17(19)20/h2-5,12,14,18H,6-11H2,1H3. The van der Waals surface area contributed by atoms with Gasteiger partial charge in [0.05, 0.1) is 4.92 Å². The number of hydrogen-bond acceptors (Lipinski definition) is 5. The van der Waals surface area contributed by atoms with Crippen LogP contribution in [0.25, 0.3) is 0 Å². The van der Waals surface area contributed by atoms with Gasteiger partial charge in [0, 0.05) is 18.7 Å². The molecule has 0 aliphatic carbocycles. The summed E-state index contributed by atoms with van der Waals surface area (Å²) >= 11 is 0. The van der Waals surface area contributed by atoms with E-state index in [1.54, 1.807) is 12.1 Å². The van der Waals surface area contributed by atoms with Gasteiger partial charge in [-0.1, -0.05) is 6.92 Å². The molecule has 1 heterocycles. The van der Waals surface area contributed by atoms with E-state index in [0.29, 0.717) is 12.3 Å². The second kappa shape index (κ2) is 7.38. The monoisotopic (exact) mass is 294 g/mol. The first-order chi connectivity index (χ1) is 10.0. The van der Waals surface area contributed by atoms with Gasteiger partial charge < -0.3 is 14.7 Å². The van der Waals surface area contributed by atoms with Crippen LogP contribution in [0.5, 0.6) is 5.75 Å². The fourth-order valence-electron chi connectivity index (χ4n) is 2.45. The number of nitro benzene ring substituents is 1. The molecule has 1 aromatic rings. The SMILES string of the molecule is CC1CCN(CC(O)COc2ccc([N+](=O)[O-])cc2)CC1. The minimum Gasteiger partial charge on any atom is -0.491 e. The molecule has 1 fully saturated rings. The molecule has 6 heteroatoms. The average Bonchev–Trinajstić information content (AvgIpc) is 2.48. The second-order valence-corrected chi connectivity index (χ2v) is 5.70. The molecule has 0 spiro atoms. The maximum absolute atomic E-state index is 10.5. The van der Waals surface area contributed by atoms with Gasteiger partial charge in [-0.15, -0.1) is 0 Å². The Morgan fingerprint density at radius 1 is 1.38 bits per heavy atom. The first-order valence-electron chi connectivity index (χ1n) is 7.32. The lowest BCUT2D eigenvalue weighted by molar-refractivity contribution is -0.384. The largest absolute Gasteiger partial charge is 0.491 e. The third kappa shape index (κ3) is 4.99. The van der Waals surface area contributed by atoms with Crippen molar-refractivity contribution in [3.63, 3.8) is 0 Å². The molecule has 1 aliphatic heterocycles. The Morgan fingerprint density at radius 3 is 2.57 bits per heavy atom. The number of rotatable bonds is 6. The van der Waals surface area contributed by atoms with Gasteiger partial charge in [0.15, 0.2) is 0 Å². The van der Waals surface area contributed by atoms with Crippen molar-refractivity contribution in [3.8, 4) is 5.75 Å². The van der Waals surface area contributed by atoms with E-state index in [0.717, 1.165) is 19.0 Å². The number of hydrogen-bond donors (Lipinski definition) is 1. The number of β-amino-alcohol motifs (C(OH)–C–C–N with tert-alkyl or cyclic N) is 1. The zero-order chi connectivity index (χ0) is 15.2. The van der Waals surface area contributed by atoms with Crippen LogP contribution in [-0.2, 0) is 0 Å². The molecule has 0 bridgehead atoms. The van der Waals surface area contributed by atoms with Gasteiger partial charge in [-0.2, -0.15) is 0 Å². The van der Waals surface area contributed by atoms with Crippen molar-refractivity contribution in [1.29, 1.82) is 0 Å². The summed E-state index contributed by atoms with van der Waals surface area (Å²) in [5.41, 5.74) is 0.0327. The summed E-state index contributed by atoms with van der Waals surface area (Å²) < 4.78 is 5.47. The van der Waals surface area contributed by atoms with E-state index in [4.69, 9.17) is 4.74 Å². The predicted molar refractivity (Wildman–Crippen MR) is 79.4 cm³/mol. The first-order valence-corrected chi connectivity index (χ1v) is 7.32. The van der Waals surface area contributed by atoms with Crippen molar-refractivity contribution >= 4 is 5.69 Å². The quantitative estimate of drug-likeness (QED) is 0.642. The topological polar surface area (TPSA) is 75.8 Å². The van der Waals surface area contributed by atoms with Crippen molar-refractivity contribution in [1.82, 2.24) is 4.90 Å². The highest BCUT2D eigenvalue weighted by atomic mass is 16.6. The fourth-order valence-corrected chi connectivity index (χ4v) is 2.45. The predicted octanol–water partition coefficient (Wildman–Crippen LogP) is 2.07. The minimum atomic E-state index is -0.548. The molecule has 1 unspecified atom stereocenters. The Balaban J connectivity index is 1.73. The van der Waals surface area contributed by atoms with Crippen LogP contribution >= 0.6 is 0 Å². The van der Waals surface area contributed by atoms with Crippen molar-refractivity contribution < 1.29 is 14.8 Å². The van der Waals surface area contributed by atoms with Crippen molar-refractivity contribution in [2.45, 2.75) is 25.9 Å². The summed E-state index contributed by atoms with van der Waals surface area (Å²) in [5, 5.41) is 20.5. The normalized spacial score (nSPS) is 18.4. The number of likely N-dealkylation sites (tertiary alicyclic amines) is 1. The van der Waals surface area contributed by atoms with Crippen LogP contribution in [0.15, 0.2) is 24.3 Å². The van der Waals surface area contributed by atoms with Crippen molar-refractivity contribution in [2.24, 2.45) is 5.92 Å². The van der Waals surface area contributed by atoms with Gasteiger partial charge in [0.1, 0.15) is 18.5 Å². The van der Waals surface area contributed by atoms with E-state index >= 15 is 0 Å². The van der Waals surface area contributed by atoms with Gasteiger partial charge >= 0.3 is 0 Å². The van der Waals surface area contributed by atoms with Crippen molar-refractivity contribution in [2.75, 3.05) is 26.2 Å². The maximum atomic E-state index is 10.5. The Morgan fingerprint density at radius 2 is 2.00 bits per heavy atom. The molecule has 1 aromatic carbocycles. The molecular weight excluding hydrogens is 272 g/mol. The van der Waals surface area contributed by atoms with Crippen LogP contribution in [0.2, 0.25) is 0 Å². The molecule has 1 saturated heterocycles. The second-order valence-electron chi connectivity index (χ2n) is 5.70. The summed E-state index contributed by atoms with van der Waals surface area (Å²) in [6.45, 7) is 5.11. The van der Waals surface area contributed by atoms with Gasteiger partial charge in [-0.25, -0.2) is 0 Å². The van der Waals surface area contributed by atoms with Gasteiger partial charge in [-0.05, 0) is 44.0 Å². The number of nitrogens with zero attached hydrogens (tertiary/aromatic N) is 2. The number of piperidine rings is 1. The zero-order valence-electron chi connectivity index (χ0n) is 12.3. The van der Waals surface area contributed by atoms with E-state index in [-0.39, 0.29) is 12.3 Å². The Hall–Kier alpha value is -1.66. The first kappa shape index (κ1) is 15.7. The Labute approximate surface area is 124 Å². The highest BCUT2D eigenvalue weighted by Gasteiger charge is 2.18. The fraction of sp³-hybridized carbons (Fsp3) is 0.600. The lowest BCUT2D eigenvalue weighted by Crippen LogP contribution is -2.40. The highest BCUT2D eigenvalue weighted by Crippen LogP contribution is 2.18. The molecule has 21 heavy (non-hydrogen) atoms. The maximum Gasteiger partial charge on any atom is 0.269 e. The van der Waals surface area contributed by atoms with Crippen LogP contribution in [-0.4, -0.2) is 47.3 Å². The molecule has 1 aliphatic rings. The van der Waals surface area contributed by atoms with Crippen molar-refractivity contribution in [3.05, 3.63) is 34.4 Å². The van der Waals surface area contributed by atoms with Crippen LogP contribution in [0.4, 0.5) is 5.69 Å². The number of aliphatic hydroxyl groups is 1. The lowest BCUT2D eigenvalue weighted by atomic mass is 9.99. The van der Waals surface area contributed by atoms with Gasteiger partial charge in [0.25, 0.3) is 5.69 Å². The lowest BCUT2D eigenvalue weighted by Gasteiger charge is -2.31. The average molecular weight is 294 g/mol. The van der Waals surface area contributed by atoms with Gasteiger partial charge in [0.2, 0.25) is 0 Å². The number of aliphatic hydroxyl groups excluding tert-OH is 1. The summed E-state index contributed by atoms with van der Waals surface area (Å²) in [7, 11) is 0. The molecule has 0 radical (unpaired) electrons. The summed E-state index contributed by atoms with van der Waals surface area (Å²) in [4.78, 5) is 12.3. The molecule has 0 amide bonds. The molecular formula is C15H22N2O4. The Bertz CT molecular complexity index is 455. The van der Waals surface area contributed by atoms with Crippen LogP contribution < -0.4 is 4.74 Å². The van der Waals surface area contributed by atoms with E-state index in [9.17, 15) is 15.2 Å². The summed E-state index contributed by atoms with van der Waals surface area (Å²) in [6.07, 6.45) is 1.81. The third-order valence-corrected chi connectivity index (χ3v) is 3.84. The molecule has 116 valence electrons. The molecule has 2 rings (SSSR count). The minimum absolute atomic E-state index is 0.0327. The molecule has 0 saturated carbocycles. The Kier molecular flexibility index (Phi) is 5.52. The number of ether oxygens (including phenoxy) is 1. The number of benzene rings is 1. The van der Waals surface area contributed by atoms with Crippen LogP contribution in [0, 0.1) is 16.0 Å². The summed E-state index contributed by atoms with van der Waals surface area (Å²) in [5.74, 6) is 1.31. The molecule has 1 N–H and O–H groups in total.